The van der Waals surface area contributed by atoms with Crippen molar-refractivity contribution in [3.8, 4) is 0 Å². The molecule has 0 amide bonds. The molecule has 1 heterocycles. The number of halogens is 1. The van der Waals surface area contributed by atoms with Crippen LogP contribution in [0.3, 0.4) is 0 Å². The summed E-state index contributed by atoms with van der Waals surface area (Å²) in [6.45, 7) is 1.17. The molecular formula is C12H14BrN. The highest BCUT2D eigenvalue weighted by atomic mass is 79.9. The van der Waals surface area contributed by atoms with Gasteiger partial charge in [0, 0.05) is 10.0 Å². The zero-order valence-electron chi connectivity index (χ0n) is 8.15. The molecule has 1 nitrogen and oxygen atoms in total. The standard InChI is InChI=1S/C12H14BrN/c13-10-4-3-9-2-1-7-14-12(5-6-12)11(9)8-10/h3-4,8,14H,1-2,5-7H2. The predicted octanol–water partition coefficient (Wildman–Crippen LogP) is 2.97. The molecule has 0 saturated heterocycles. The lowest BCUT2D eigenvalue weighted by atomic mass is 9.97. The molecule has 0 atom stereocenters. The minimum Gasteiger partial charge on any atom is -0.307 e. The Morgan fingerprint density at radius 3 is 2.93 bits per heavy atom. The maximum atomic E-state index is 3.69. The first-order valence-corrected chi connectivity index (χ1v) is 6.13. The number of fused-ring (bicyclic) bond motifs is 2. The van der Waals surface area contributed by atoms with Gasteiger partial charge in [0.15, 0.2) is 0 Å². The van der Waals surface area contributed by atoms with Crippen LogP contribution in [0.25, 0.3) is 0 Å². The quantitative estimate of drug-likeness (QED) is 0.748. The Labute approximate surface area is 93.0 Å². The van der Waals surface area contributed by atoms with Crippen LogP contribution in [-0.4, -0.2) is 6.54 Å². The monoisotopic (exact) mass is 251 g/mol. The third-order valence-electron chi connectivity index (χ3n) is 3.42. The van der Waals surface area contributed by atoms with Gasteiger partial charge in [0.25, 0.3) is 0 Å². The Hall–Kier alpha value is -0.340. The molecule has 74 valence electrons. The van der Waals surface area contributed by atoms with Crippen LogP contribution < -0.4 is 5.32 Å². The fraction of sp³-hybridized carbons (Fsp3) is 0.500. The molecule has 14 heavy (non-hydrogen) atoms. The third kappa shape index (κ3) is 1.32. The molecule has 1 aliphatic heterocycles. The van der Waals surface area contributed by atoms with Gasteiger partial charge in [0.2, 0.25) is 0 Å². The Bertz CT molecular complexity index is 369. The molecule has 1 fully saturated rings. The zero-order chi connectivity index (χ0) is 9.60. The molecule has 2 heteroatoms. The van der Waals surface area contributed by atoms with Gasteiger partial charge in [-0.05, 0) is 55.5 Å². The summed E-state index contributed by atoms with van der Waals surface area (Å²) in [7, 11) is 0. The highest BCUT2D eigenvalue weighted by molar-refractivity contribution is 9.10. The second kappa shape index (κ2) is 3.07. The molecule has 3 rings (SSSR count). The first-order valence-electron chi connectivity index (χ1n) is 5.34. The topological polar surface area (TPSA) is 12.0 Å². The number of nitrogens with one attached hydrogen (secondary N) is 1. The summed E-state index contributed by atoms with van der Waals surface area (Å²) in [5.41, 5.74) is 3.45. The molecule has 1 spiro atoms. The van der Waals surface area contributed by atoms with Gasteiger partial charge in [0.05, 0.1) is 0 Å². The van der Waals surface area contributed by atoms with Crippen molar-refractivity contribution < 1.29 is 0 Å². The van der Waals surface area contributed by atoms with Crippen LogP contribution in [0, 0.1) is 0 Å². The molecule has 0 radical (unpaired) electrons. The van der Waals surface area contributed by atoms with Crippen LogP contribution in [0.5, 0.6) is 0 Å². The van der Waals surface area contributed by atoms with Crippen molar-refractivity contribution in [2.75, 3.05) is 6.54 Å². The van der Waals surface area contributed by atoms with E-state index in [4.69, 9.17) is 0 Å². The lowest BCUT2D eigenvalue weighted by molar-refractivity contribution is 0.529. The van der Waals surface area contributed by atoms with Gasteiger partial charge in [-0.2, -0.15) is 0 Å². The number of benzene rings is 1. The summed E-state index contributed by atoms with van der Waals surface area (Å²) in [6.07, 6.45) is 5.14. The summed E-state index contributed by atoms with van der Waals surface area (Å²) < 4.78 is 1.21. The van der Waals surface area contributed by atoms with Crippen molar-refractivity contribution in [1.82, 2.24) is 5.32 Å². The van der Waals surface area contributed by atoms with Crippen LogP contribution in [0.2, 0.25) is 0 Å². The van der Waals surface area contributed by atoms with E-state index in [0.717, 1.165) is 0 Å². The van der Waals surface area contributed by atoms with E-state index in [1.54, 1.807) is 11.1 Å². The fourth-order valence-corrected chi connectivity index (χ4v) is 2.85. The zero-order valence-corrected chi connectivity index (χ0v) is 9.73. The summed E-state index contributed by atoms with van der Waals surface area (Å²) >= 11 is 3.57. The molecule has 1 aromatic rings. The summed E-state index contributed by atoms with van der Waals surface area (Å²) in [6, 6.07) is 6.76. The van der Waals surface area contributed by atoms with Crippen molar-refractivity contribution >= 4 is 15.9 Å². The smallest absolute Gasteiger partial charge is 0.0439 e. The van der Waals surface area contributed by atoms with E-state index in [-0.39, 0.29) is 0 Å². The van der Waals surface area contributed by atoms with Crippen molar-refractivity contribution in [3.05, 3.63) is 33.8 Å². The van der Waals surface area contributed by atoms with Gasteiger partial charge in [-0.15, -0.1) is 0 Å². The summed E-state index contributed by atoms with van der Waals surface area (Å²) in [5, 5.41) is 3.69. The van der Waals surface area contributed by atoms with E-state index < -0.39 is 0 Å². The van der Waals surface area contributed by atoms with Crippen LogP contribution >= 0.6 is 15.9 Å². The van der Waals surface area contributed by atoms with E-state index in [1.807, 2.05) is 0 Å². The van der Waals surface area contributed by atoms with Gasteiger partial charge >= 0.3 is 0 Å². The first-order chi connectivity index (χ1) is 6.80. The predicted molar refractivity (Wildman–Crippen MR) is 61.4 cm³/mol. The van der Waals surface area contributed by atoms with Gasteiger partial charge in [-0.3, -0.25) is 0 Å². The average molecular weight is 252 g/mol. The normalized spacial score (nSPS) is 22.9. The number of rotatable bonds is 0. The van der Waals surface area contributed by atoms with Gasteiger partial charge < -0.3 is 5.32 Å². The lowest BCUT2D eigenvalue weighted by Crippen LogP contribution is -2.28. The Kier molecular flexibility index (Phi) is 1.96. The van der Waals surface area contributed by atoms with Crippen LogP contribution in [0.15, 0.2) is 22.7 Å². The van der Waals surface area contributed by atoms with Crippen molar-refractivity contribution in [2.45, 2.75) is 31.2 Å². The van der Waals surface area contributed by atoms with Crippen LogP contribution in [0.4, 0.5) is 0 Å². The van der Waals surface area contributed by atoms with E-state index >= 15 is 0 Å². The van der Waals surface area contributed by atoms with E-state index in [0.29, 0.717) is 5.54 Å². The van der Waals surface area contributed by atoms with E-state index in [1.165, 1.54) is 36.7 Å². The molecule has 0 aromatic heterocycles. The van der Waals surface area contributed by atoms with Gasteiger partial charge in [0.1, 0.15) is 0 Å². The number of hydrogen-bond acceptors (Lipinski definition) is 1. The molecule has 1 aliphatic carbocycles. The molecule has 0 bridgehead atoms. The van der Waals surface area contributed by atoms with Gasteiger partial charge in [-0.1, -0.05) is 22.0 Å². The Balaban J connectivity index is 2.13. The van der Waals surface area contributed by atoms with E-state index in [2.05, 4.69) is 39.4 Å². The molecule has 1 saturated carbocycles. The molecular weight excluding hydrogens is 238 g/mol. The second-order valence-corrected chi connectivity index (χ2v) is 5.33. The molecule has 0 unspecified atom stereocenters. The first kappa shape index (κ1) is 8.93. The molecule has 2 aliphatic rings. The SMILES string of the molecule is Brc1ccc2c(c1)C1(CC1)NCCC2. The third-order valence-corrected chi connectivity index (χ3v) is 3.92. The Morgan fingerprint density at radius 1 is 1.29 bits per heavy atom. The van der Waals surface area contributed by atoms with E-state index in [9.17, 15) is 0 Å². The minimum atomic E-state index is 0.357. The van der Waals surface area contributed by atoms with Gasteiger partial charge in [-0.25, -0.2) is 0 Å². The molecule has 1 N–H and O–H groups in total. The summed E-state index contributed by atoms with van der Waals surface area (Å²) in [4.78, 5) is 0. The second-order valence-electron chi connectivity index (χ2n) is 4.41. The number of hydrogen-bond donors (Lipinski definition) is 1. The van der Waals surface area contributed by atoms with Crippen molar-refractivity contribution in [2.24, 2.45) is 0 Å². The number of aryl methyl sites for hydroxylation is 1. The summed E-state index contributed by atoms with van der Waals surface area (Å²) in [5.74, 6) is 0. The van der Waals surface area contributed by atoms with Crippen LogP contribution in [-0.2, 0) is 12.0 Å². The van der Waals surface area contributed by atoms with Crippen molar-refractivity contribution in [1.29, 1.82) is 0 Å². The van der Waals surface area contributed by atoms with Crippen molar-refractivity contribution in [3.63, 3.8) is 0 Å². The Morgan fingerprint density at radius 2 is 2.14 bits per heavy atom. The van der Waals surface area contributed by atoms with Crippen LogP contribution in [0.1, 0.15) is 30.4 Å². The highest BCUT2D eigenvalue weighted by Crippen LogP contribution is 2.48. The minimum absolute atomic E-state index is 0.357. The average Bonchev–Trinajstić information content (AvgIpc) is 2.97. The molecule has 1 aromatic carbocycles. The lowest BCUT2D eigenvalue weighted by Gasteiger charge is -2.17. The maximum absolute atomic E-state index is 3.69. The fourth-order valence-electron chi connectivity index (χ4n) is 2.49. The maximum Gasteiger partial charge on any atom is 0.0439 e. The largest absolute Gasteiger partial charge is 0.307 e. The highest BCUT2D eigenvalue weighted by Gasteiger charge is 2.45.